The second-order valence-electron chi connectivity index (χ2n) is 5.56. The molecule has 0 fully saturated rings. The number of allylic oxidation sites excluding steroid dienone is 2. The van der Waals surface area contributed by atoms with Crippen molar-refractivity contribution >= 4 is 11.7 Å². The second kappa shape index (κ2) is 5.91. The van der Waals surface area contributed by atoms with E-state index in [2.05, 4.69) is 25.2 Å². The first kappa shape index (κ1) is 13.7. The van der Waals surface area contributed by atoms with Crippen molar-refractivity contribution in [1.29, 1.82) is 0 Å². The number of carboxylic acids is 1. The lowest BCUT2D eigenvalue weighted by atomic mass is 9.84. The standard InChI is InChI=1S/C16H21NO2/c1-11-6-12(2)8-13(7-11)10-17-15-5-3-4-14(9-15)16(18)19/h3-6,9,11,13,17H,7-8,10H2,1-2H3,(H,18,19). The fourth-order valence-corrected chi connectivity index (χ4v) is 2.87. The number of hydrogen-bond acceptors (Lipinski definition) is 2. The Hall–Kier alpha value is -1.77. The lowest BCUT2D eigenvalue weighted by molar-refractivity contribution is 0.0697. The number of carbonyl (C=O) groups is 1. The number of aromatic carboxylic acids is 1. The van der Waals surface area contributed by atoms with Crippen molar-refractivity contribution in [3.63, 3.8) is 0 Å². The van der Waals surface area contributed by atoms with E-state index in [1.165, 1.54) is 12.0 Å². The predicted molar refractivity (Wildman–Crippen MR) is 77.5 cm³/mol. The van der Waals surface area contributed by atoms with E-state index in [0.717, 1.165) is 18.7 Å². The third-order valence-electron chi connectivity index (χ3n) is 3.59. The molecule has 0 amide bonds. The molecule has 1 aromatic rings. The maximum atomic E-state index is 10.9. The van der Waals surface area contributed by atoms with E-state index in [4.69, 9.17) is 5.11 Å². The van der Waals surface area contributed by atoms with Gasteiger partial charge in [0.15, 0.2) is 0 Å². The number of anilines is 1. The zero-order chi connectivity index (χ0) is 13.8. The van der Waals surface area contributed by atoms with E-state index in [1.807, 2.05) is 6.07 Å². The van der Waals surface area contributed by atoms with Gasteiger partial charge in [-0.15, -0.1) is 0 Å². The molecule has 0 spiro atoms. The van der Waals surface area contributed by atoms with Crippen molar-refractivity contribution in [2.75, 3.05) is 11.9 Å². The highest BCUT2D eigenvalue weighted by Gasteiger charge is 2.17. The maximum absolute atomic E-state index is 10.9. The third-order valence-corrected chi connectivity index (χ3v) is 3.59. The highest BCUT2D eigenvalue weighted by atomic mass is 16.4. The molecule has 1 aliphatic rings. The van der Waals surface area contributed by atoms with Crippen LogP contribution in [0, 0.1) is 11.8 Å². The lowest BCUT2D eigenvalue weighted by Crippen LogP contribution is -2.20. The number of carboxylic acid groups (broad SMARTS) is 1. The van der Waals surface area contributed by atoms with Crippen LogP contribution < -0.4 is 5.32 Å². The van der Waals surface area contributed by atoms with Crippen LogP contribution in [-0.2, 0) is 0 Å². The van der Waals surface area contributed by atoms with E-state index >= 15 is 0 Å². The predicted octanol–water partition coefficient (Wildman–Crippen LogP) is 3.79. The molecule has 2 atom stereocenters. The van der Waals surface area contributed by atoms with Gasteiger partial charge in [0.2, 0.25) is 0 Å². The van der Waals surface area contributed by atoms with Gasteiger partial charge in [0.25, 0.3) is 0 Å². The minimum absolute atomic E-state index is 0.332. The summed E-state index contributed by atoms with van der Waals surface area (Å²) in [4.78, 5) is 10.9. The topological polar surface area (TPSA) is 49.3 Å². The summed E-state index contributed by atoms with van der Waals surface area (Å²) in [7, 11) is 0. The van der Waals surface area contributed by atoms with Crippen LogP contribution in [0.25, 0.3) is 0 Å². The average molecular weight is 259 g/mol. The van der Waals surface area contributed by atoms with Gasteiger partial charge >= 0.3 is 5.97 Å². The summed E-state index contributed by atoms with van der Waals surface area (Å²) in [6.07, 6.45) is 4.68. The Morgan fingerprint density at radius 3 is 2.95 bits per heavy atom. The molecule has 1 aromatic carbocycles. The van der Waals surface area contributed by atoms with Crippen LogP contribution in [0.5, 0.6) is 0 Å². The summed E-state index contributed by atoms with van der Waals surface area (Å²) in [6, 6.07) is 7.00. The first-order valence-electron chi connectivity index (χ1n) is 6.79. The van der Waals surface area contributed by atoms with Gasteiger partial charge < -0.3 is 10.4 Å². The molecular weight excluding hydrogens is 238 g/mol. The molecule has 102 valence electrons. The Bertz CT molecular complexity index is 493. The summed E-state index contributed by atoms with van der Waals surface area (Å²) in [5, 5.41) is 12.3. The van der Waals surface area contributed by atoms with Gasteiger partial charge in [0.05, 0.1) is 5.56 Å². The summed E-state index contributed by atoms with van der Waals surface area (Å²) >= 11 is 0. The fourth-order valence-electron chi connectivity index (χ4n) is 2.87. The first-order valence-corrected chi connectivity index (χ1v) is 6.79. The van der Waals surface area contributed by atoms with Crippen LogP contribution in [0.3, 0.4) is 0 Å². The zero-order valence-electron chi connectivity index (χ0n) is 11.5. The monoisotopic (exact) mass is 259 g/mol. The molecule has 2 rings (SSSR count). The Morgan fingerprint density at radius 2 is 2.26 bits per heavy atom. The molecule has 2 N–H and O–H groups in total. The van der Waals surface area contributed by atoms with Crippen LogP contribution >= 0.6 is 0 Å². The van der Waals surface area contributed by atoms with E-state index in [0.29, 0.717) is 17.4 Å². The Kier molecular flexibility index (Phi) is 4.25. The minimum Gasteiger partial charge on any atom is -0.478 e. The molecule has 0 aliphatic heterocycles. The van der Waals surface area contributed by atoms with Crippen molar-refractivity contribution in [3.8, 4) is 0 Å². The van der Waals surface area contributed by atoms with Crippen molar-refractivity contribution in [2.24, 2.45) is 11.8 Å². The summed E-state index contributed by atoms with van der Waals surface area (Å²) in [5.41, 5.74) is 2.68. The number of hydrogen-bond donors (Lipinski definition) is 2. The number of rotatable bonds is 4. The minimum atomic E-state index is -0.881. The zero-order valence-corrected chi connectivity index (χ0v) is 11.5. The average Bonchev–Trinajstić information content (AvgIpc) is 2.35. The fraction of sp³-hybridized carbons (Fsp3) is 0.438. The Balaban J connectivity index is 1.94. The molecule has 1 aliphatic carbocycles. The van der Waals surface area contributed by atoms with E-state index in [1.54, 1.807) is 18.2 Å². The molecule has 3 heteroatoms. The molecule has 19 heavy (non-hydrogen) atoms. The quantitative estimate of drug-likeness (QED) is 0.809. The molecular formula is C16H21NO2. The van der Waals surface area contributed by atoms with Gasteiger partial charge in [-0.05, 0) is 49.8 Å². The van der Waals surface area contributed by atoms with Gasteiger partial charge in [-0.3, -0.25) is 0 Å². The SMILES string of the molecule is CC1=CC(C)CC(CNc2cccc(C(=O)O)c2)C1. The smallest absolute Gasteiger partial charge is 0.335 e. The lowest BCUT2D eigenvalue weighted by Gasteiger charge is -2.26. The molecule has 0 heterocycles. The van der Waals surface area contributed by atoms with Crippen molar-refractivity contribution in [3.05, 3.63) is 41.5 Å². The highest BCUT2D eigenvalue weighted by molar-refractivity contribution is 5.88. The largest absolute Gasteiger partial charge is 0.478 e. The molecule has 0 bridgehead atoms. The van der Waals surface area contributed by atoms with Crippen LogP contribution in [0.15, 0.2) is 35.9 Å². The van der Waals surface area contributed by atoms with E-state index in [-0.39, 0.29) is 0 Å². The maximum Gasteiger partial charge on any atom is 0.335 e. The normalized spacial score (nSPS) is 22.7. The van der Waals surface area contributed by atoms with Gasteiger partial charge in [-0.2, -0.15) is 0 Å². The van der Waals surface area contributed by atoms with Gasteiger partial charge in [0, 0.05) is 12.2 Å². The van der Waals surface area contributed by atoms with Crippen molar-refractivity contribution in [1.82, 2.24) is 0 Å². The van der Waals surface area contributed by atoms with E-state index in [9.17, 15) is 4.79 Å². The van der Waals surface area contributed by atoms with Gasteiger partial charge in [-0.25, -0.2) is 4.79 Å². The van der Waals surface area contributed by atoms with Crippen LogP contribution in [0.1, 0.15) is 37.0 Å². The molecule has 2 unspecified atom stereocenters. The second-order valence-corrected chi connectivity index (χ2v) is 5.56. The number of nitrogens with one attached hydrogen (secondary N) is 1. The van der Waals surface area contributed by atoms with Crippen LogP contribution in [0.4, 0.5) is 5.69 Å². The molecule has 0 radical (unpaired) electrons. The molecule has 0 aromatic heterocycles. The van der Waals surface area contributed by atoms with Crippen molar-refractivity contribution in [2.45, 2.75) is 26.7 Å². The van der Waals surface area contributed by atoms with E-state index < -0.39 is 5.97 Å². The third kappa shape index (κ3) is 3.85. The highest BCUT2D eigenvalue weighted by Crippen LogP contribution is 2.28. The Labute approximate surface area is 114 Å². The first-order chi connectivity index (χ1) is 9.04. The Morgan fingerprint density at radius 1 is 1.47 bits per heavy atom. The summed E-state index contributed by atoms with van der Waals surface area (Å²) in [5.74, 6) is 0.396. The number of benzene rings is 1. The van der Waals surface area contributed by atoms with Crippen molar-refractivity contribution < 1.29 is 9.90 Å². The van der Waals surface area contributed by atoms with Gasteiger partial charge in [0.1, 0.15) is 0 Å². The molecule has 0 saturated carbocycles. The summed E-state index contributed by atoms with van der Waals surface area (Å²) < 4.78 is 0. The molecule has 3 nitrogen and oxygen atoms in total. The summed E-state index contributed by atoms with van der Waals surface area (Å²) in [6.45, 7) is 5.34. The van der Waals surface area contributed by atoms with Crippen LogP contribution in [-0.4, -0.2) is 17.6 Å². The van der Waals surface area contributed by atoms with Crippen LogP contribution in [0.2, 0.25) is 0 Å². The molecule has 0 saturated heterocycles. The van der Waals surface area contributed by atoms with Gasteiger partial charge in [-0.1, -0.05) is 24.6 Å².